The highest BCUT2D eigenvalue weighted by atomic mass is 19.1. The molecule has 1 amide bonds. The van der Waals surface area contributed by atoms with Crippen LogP contribution in [0.5, 0.6) is 17.2 Å². The highest BCUT2D eigenvalue weighted by molar-refractivity contribution is 6.02. The van der Waals surface area contributed by atoms with Crippen LogP contribution < -0.4 is 25.0 Å². The van der Waals surface area contributed by atoms with Crippen molar-refractivity contribution in [2.75, 3.05) is 63.5 Å². The second-order valence-electron chi connectivity index (χ2n) is 11.4. The molecule has 5 rings (SSSR count). The Labute approximate surface area is 284 Å². The number of nitrogens with one attached hydrogen (secondary N) is 3. The molecule has 0 bridgehead atoms. The Morgan fingerprint density at radius 2 is 1.78 bits per heavy atom. The number of nitrogens with zero attached hydrogens (tertiary/aromatic N) is 5. The maximum Gasteiger partial charge on any atom is 0.247 e. The summed E-state index contributed by atoms with van der Waals surface area (Å²) in [6.45, 7) is 5.41. The molecule has 0 saturated carbocycles. The summed E-state index contributed by atoms with van der Waals surface area (Å²) in [4.78, 5) is 33.9. The van der Waals surface area contributed by atoms with E-state index < -0.39 is 0 Å². The van der Waals surface area contributed by atoms with Gasteiger partial charge in [-0.05, 0) is 80.8 Å². The number of anilines is 4. The first-order valence-corrected chi connectivity index (χ1v) is 15.5. The molecule has 3 aromatic carbocycles. The molecule has 0 aliphatic rings. The fraction of sp³-hybridized carbons (Fsp3) is 0.222. The quantitative estimate of drug-likeness (QED) is 0.100. The third-order valence-corrected chi connectivity index (χ3v) is 7.53. The summed E-state index contributed by atoms with van der Waals surface area (Å²) in [7, 11) is 7.50. The van der Waals surface area contributed by atoms with Crippen LogP contribution in [-0.4, -0.2) is 83.8 Å². The Balaban J connectivity index is 1.46. The molecule has 0 saturated heterocycles. The minimum atomic E-state index is -0.357. The summed E-state index contributed by atoms with van der Waals surface area (Å²) in [6, 6.07) is 17.9. The third-order valence-electron chi connectivity index (χ3n) is 7.53. The first-order valence-electron chi connectivity index (χ1n) is 15.5. The normalized spacial score (nSPS) is 10.9. The lowest BCUT2D eigenvalue weighted by atomic mass is 10.1. The van der Waals surface area contributed by atoms with Crippen LogP contribution in [0.1, 0.15) is 5.82 Å². The van der Waals surface area contributed by atoms with Gasteiger partial charge in [-0.3, -0.25) is 4.79 Å². The average molecular weight is 667 g/mol. The summed E-state index contributed by atoms with van der Waals surface area (Å²) in [5, 5.41) is 15.7. The molecule has 5 aromatic rings. The van der Waals surface area contributed by atoms with E-state index in [9.17, 15) is 14.3 Å². The highest BCUT2D eigenvalue weighted by Gasteiger charge is 2.19. The van der Waals surface area contributed by atoms with Crippen LogP contribution in [0, 0.1) is 5.82 Å². The van der Waals surface area contributed by atoms with Crippen molar-refractivity contribution in [2.24, 2.45) is 0 Å². The predicted octanol–water partition coefficient (Wildman–Crippen LogP) is 5.87. The molecule has 0 aliphatic heterocycles. The zero-order valence-corrected chi connectivity index (χ0v) is 27.8. The molecular weight excluding hydrogens is 627 g/mol. The Morgan fingerprint density at radius 3 is 2.47 bits per heavy atom. The van der Waals surface area contributed by atoms with E-state index in [-0.39, 0.29) is 23.4 Å². The van der Waals surface area contributed by atoms with Crippen LogP contribution in [-0.2, 0) is 11.2 Å². The Bertz CT molecular complexity index is 1890. The van der Waals surface area contributed by atoms with Crippen molar-refractivity contribution in [1.29, 1.82) is 0 Å². The summed E-state index contributed by atoms with van der Waals surface area (Å²) in [6.07, 6.45) is 3.27. The number of halogens is 1. The third kappa shape index (κ3) is 8.90. The van der Waals surface area contributed by atoms with Crippen LogP contribution in [0.3, 0.4) is 0 Å². The summed E-state index contributed by atoms with van der Waals surface area (Å²) in [5.74, 6) is 1.48. The number of amides is 1. The monoisotopic (exact) mass is 666 g/mol. The van der Waals surface area contributed by atoms with E-state index in [0.717, 1.165) is 12.2 Å². The van der Waals surface area contributed by atoms with Gasteiger partial charge in [0.15, 0.2) is 0 Å². The number of imidazole rings is 1. The lowest BCUT2D eigenvalue weighted by Crippen LogP contribution is -2.29. The van der Waals surface area contributed by atoms with Crippen LogP contribution in [0.4, 0.5) is 27.4 Å². The summed E-state index contributed by atoms with van der Waals surface area (Å²) >= 11 is 0. The zero-order valence-electron chi connectivity index (χ0n) is 27.8. The number of hydrogen-bond donors (Lipinski definition) is 4. The Hall–Kier alpha value is -5.95. The van der Waals surface area contributed by atoms with E-state index in [1.165, 1.54) is 18.2 Å². The number of carbonyl (C=O) groups excluding carboxylic acids is 1. The molecule has 0 atom stereocenters. The maximum absolute atomic E-state index is 13.8. The summed E-state index contributed by atoms with van der Waals surface area (Å²) in [5.41, 5.74) is 4.27. The molecular formula is C36H39FN8O4. The number of aromatic amines is 1. The fourth-order valence-electron chi connectivity index (χ4n) is 4.94. The topological polar surface area (TPSA) is 141 Å². The van der Waals surface area contributed by atoms with E-state index in [0.29, 0.717) is 70.9 Å². The second kappa shape index (κ2) is 15.8. The number of likely N-dealkylation sites (N-methyl/N-ethyl adjacent to an activating group) is 2. The molecule has 0 spiro atoms. The standard InChI is InChI=1S/C36H39FN8O4/c1-6-33(47)39-28-21-29(31(48-5)22-30(28)45(4)19-18-44(2)3)41-36-38-17-15-27(40-36)35-34(23-7-9-24(37)10-8-23)42-32(43-35)16-20-49-26-13-11-25(46)12-14-26/h6-15,17,21-22,46H,1,16,18-20H2,2-5H3,(H,39,47)(H,42,43)(H,38,40,41). The molecule has 2 aromatic heterocycles. The number of phenolic OH excluding ortho intramolecular Hbond substituents is 1. The maximum atomic E-state index is 13.8. The van der Waals surface area contributed by atoms with Gasteiger partial charge in [0.1, 0.15) is 28.9 Å². The molecule has 0 radical (unpaired) electrons. The van der Waals surface area contributed by atoms with Crippen molar-refractivity contribution >= 4 is 28.9 Å². The fourth-order valence-corrected chi connectivity index (χ4v) is 4.94. The number of benzene rings is 3. The minimum absolute atomic E-state index is 0.157. The van der Waals surface area contributed by atoms with Crippen LogP contribution in [0.25, 0.3) is 22.6 Å². The van der Waals surface area contributed by atoms with Crippen molar-refractivity contribution in [3.63, 3.8) is 0 Å². The largest absolute Gasteiger partial charge is 0.508 e. The number of ether oxygens (including phenoxy) is 2. The van der Waals surface area contributed by atoms with E-state index in [4.69, 9.17) is 19.4 Å². The summed E-state index contributed by atoms with van der Waals surface area (Å²) < 4.78 is 25.4. The SMILES string of the molecule is C=CC(=O)Nc1cc(Nc2nccc(-c3[nH]c(CCOc4ccc(O)cc4)nc3-c3ccc(F)cc3)n2)c(OC)cc1N(C)CCN(C)C. The Morgan fingerprint density at radius 1 is 1.02 bits per heavy atom. The molecule has 254 valence electrons. The van der Waals surface area contributed by atoms with Gasteiger partial charge in [0, 0.05) is 44.4 Å². The van der Waals surface area contributed by atoms with E-state index >= 15 is 0 Å². The van der Waals surface area contributed by atoms with E-state index in [2.05, 4.69) is 32.1 Å². The van der Waals surface area contributed by atoms with Gasteiger partial charge in [-0.25, -0.2) is 19.3 Å². The minimum Gasteiger partial charge on any atom is -0.508 e. The highest BCUT2D eigenvalue weighted by Crippen LogP contribution is 2.38. The van der Waals surface area contributed by atoms with E-state index in [1.807, 2.05) is 32.1 Å². The van der Waals surface area contributed by atoms with Gasteiger partial charge in [0.25, 0.3) is 0 Å². The predicted molar refractivity (Wildman–Crippen MR) is 189 cm³/mol. The first-order chi connectivity index (χ1) is 23.6. The van der Waals surface area contributed by atoms with Crippen molar-refractivity contribution < 1.29 is 23.8 Å². The van der Waals surface area contributed by atoms with Gasteiger partial charge in [-0.15, -0.1) is 0 Å². The van der Waals surface area contributed by atoms with Crippen LogP contribution in [0.2, 0.25) is 0 Å². The molecule has 0 unspecified atom stereocenters. The Kier molecular flexibility index (Phi) is 11.1. The first kappa shape index (κ1) is 34.4. The molecule has 12 nitrogen and oxygen atoms in total. The number of methoxy groups -OCH3 is 1. The van der Waals surface area contributed by atoms with Crippen molar-refractivity contribution in [2.45, 2.75) is 6.42 Å². The zero-order chi connectivity index (χ0) is 34.9. The number of rotatable bonds is 15. The molecule has 49 heavy (non-hydrogen) atoms. The number of aromatic nitrogens is 4. The van der Waals surface area contributed by atoms with Gasteiger partial charge in [0.2, 0.25) is 11.9 Å². The molecule has 0 aliphatic carbocycles. The average Bonchev–Trinajstić information content (AvgIpc) is 3.52. The molecule has 4 N–H and O–H groups in total. The lowest BCUT2D eigenvalue weighted by molar-refractivity contribution is -0.111. The number of hydrogen-bond acceptors (Lipinski definition) is 10. The van der Waals surface area contributed by atoms with Crippen molar-refractivity contribution in [3.05, 3.63) is 97.2 Å². The molecule has 13 heteroatoms. The van der Waals surface area contributed by atoms with Crippen LogP contribution >= 0.6 is 0 Å². The number of carbonyl (C=O) groups is 1. The van der Waals surface area contributed by atoms with Crippen molar-refractivity contribution in [1.82, 2.24) is 24.8 Å². The van der Waals surface area contributed by atoms with Gasteiger partial charge in [-0.1, -0.05) is 6.58 Å². The van der Waals surface area contributed by atoms with Crippen LogP contribution in [0.15, 0.2) is 85.6 Å². The van der Waals surface area contributed by atoms with E-state index in [1.54, 1.807) is 61.8 Å². The van der Waals surface area contributed by atoms with Gasteiger partial charge < -0.3 is 40.0 Å². The van der Waals surface area contributed by atoms with Gasteiger partial charge in [-0.2, -0.15) is 0 Å². The smallest absolute Gasteiger partial charge is 0.247 e. The van der Waals surface area contributed by atoms with Crippen molar-refractivity contribution in [3.8, 4) is 39.9 Å². The number of aromatic hydroxyl groups is 1. The lowest BCUT2D eigenvalue weighted by Gasteiger charge is -2.26. The molecule has 0 fully saturated rings. The number of H-pyrrole nitrogens is 1. The number of phenols is 1. The van der Waals surface area contributed by atoms with Gasteiger partial charge in [0.05, 0.1) is 47.9 Å². The molecule has 2 heterocycles. The second-order valence-corrected chi connectivity index (χ2v) is 11.4. The van der Waals surface area contributed by atoms with Gasteiger partial charge >= 0.3 is 0 Å².